The fraction of sp³-hybridized carbons (Fsp3) is 0.200. The van der Waals surface area contributed by atoms with E-state index < -0.39 is 0 Å². The number of esters is 1. The van der Waals surface area contributed by atoms with Crippen LogP contribution in [0.3, 0.4) is 0 Å². The Hall–Kier alpha value is -2.56. The van der Waals surface area contributed by atoms with Gasteiger partial charge in [-0.2, -0.15) is 0 Å². The lowest BCUT2D eigenvalue weighted by Crippen LogP contribution is -2.08. The molecule has 0 spiro atoms. The molecule has 0 aliphatic heterocycles. The van der Waals surface area contributed by atoms with Gasteiger partial charge in [0.15, 0.2) is 0 Å². The minimum absolute atomic E-state index is 0.128. The van der Waals surface area contributed by atoms with Crippen LogP contribution in [-0.2, 0) is 16.0 Å². The number of H-pyrrole nitrogens is 1. The van der Waals surface area contributed by atoms with Crippen molar-refractivity contribution >= 4 is 17.4 Å². The lowest BCUT2D eigenvalue weighted by Gasteiger charge is -2.01. The van der Waals surface area contributed by atoms with E-state index in [-0.39, 0.29) is 18.2 Å². The van der Waals surface area contributed by atoms with Crippen LogP contribution >= 0.6 is 0 Å². The summed E-state index contributed by atoms with van der Waals surface area (Å²) in [5.74, 6) is -0.457. The average Bonchev–Trinajstić information content (AvgIpc) is 2.87. The number of nitrogens with one attached hydrogen (secondary N) is 1. The first-order chi connectivity index (χ1) is 9.60. The summed E-state index contributed by atoms with van der Waals surface area (Å²) in [6, 6.07) is 10.1. The van der Waals surface area contributed by atoms with E-state index in [9.17, 15) is 9.59 Å². The van der Waals surface area contributed by atoms with Crippen LogP contribution in [-0.4, -0.2) is 23.3 Å². The number of ether oxygens (including phenoxy) is 1. The lowest BCUT2D eigenvalue weighted by molar-refractivity contribution is -0.142. The number of nitrogen functional groups attached to an aromatic ring is 1. The van der Waals surface area contributed by atoms with Crippen molar-refractivity contribution in [1.29, 1.82) is 0 Å². The number of carbonyl (C=O) groups is 2. The molecule has 0 bridgehead atoms. The van der Waals surface area contributed by atoms with Gasteiger partial charge in [-0.05, 0) is 43.3 Å². The third-order valence-electron chi connectivity index (χ3n) is 2.80. The van der Waals surface area contributed by atoms with Gasteiger partial charge < -0.3 is 15.5 Å². The number of carbonyl (C=O) groups excluding carboxylic acids is 2. The van der Waals surface area contributed by atoms with Crippen LogP contribution in [0.25, 0.3) is 0 Å². The Morgan fingerprint density at radius 2 is 1.85 bits per heavy atom. The predicted molar refractivity (Wildman–Crippen MR) is 75.4 cm³/mol. The van der Waals surface area contributed by atoms with E-state index >= 15 is 0 Å². The number of aromatic amines is 1. The zero-order chi connectivity index (χ0) is 14.5. The second-order valence-electron chi connectivity index (χ2n) is 4.33. The third kappa shape index (κ3) is 3.26. The first kappa shape index (κ1) is 13.9. The van der Waals surface area contributed by atoms with Crippen molar-refractivity contribution < 1.29 is 14.3 Å². The molecule has 0 atom stereocenters. The highest BCUT2D eigenvalue weighted by atomic mass is 16.5. The van der Waals surface area contributed by atoms with E-state index in [0.717, 1.165) is 0 Å². The maximum atomic E-state index is 12.2. The molecule has 3 N–H and O–H groups in total. The minimum atomic E-state index is -0.319. The number of hydrogen-bond acceptors (Lipinski definition) is 4. The normalized spacial score (nSPS) is 10.2. The van der Waals surface area contributed by atoms with Gasteiger partial charge in [-0.25, -0.2) is 0 Å². The van der Waals surface area contributed by atoms with Crippen molar-refractivity contribution in [2.45, 2.75) is 13.3 Å². The van der Waals surface area contributed by atoms with Crippen LogP contribution in [0.2, 0.25) is 0 Å². The SMILES string of the molecule is CCOC(=O)Cc1ccc(C(=O)c2ccc(N)cc2)[nH]1. The summed E-state index contributed by atoms with van der Waals surface area (Å²) >= 11 is 0. The summed E-state index contributed by atoms with van der Waals surface area (Å²) < 4.78 is 4.86. The molecule has 1 aromatic heterocycles. The highest BCUT2D eigenvalue weighted by molar-refractivity contribution is 6.08. The number of benzene rings is 1. The Morgan fingerprint density at radius 3 is 2.50 bits per heavy atom. The van der Waals surface area contributed by atoms with Crippen molar-refractivity contribution in [3.05, 3.63) is 53.3 Å². The molecule has 0 saturated heterocycles. The molecule has 0 amide bonds. The standard InChI is InChI=1S/C15H16N2O3/c1-2-20-14(18)9-12-7-8-13(17-12)15(19)10-3-5-11(16)6-4-10/h3-8,17H,2,9,16H2,1H3. The van der Waals surface area contributed by atoms with Gasteiger partial charge >= 0.3 is 5.97 Å². The fourth-order valence-corrected chi connectivity index (χ4v) is 1.83. The van der Waals surface area contributed by atoms with Crippen molar-refractivity contribution in [2.75, 3.05) is 12.3 Å². The summed E-state index contributed by atoms with van der Waals surface area (Å²) in [6.07, 6.45) is 0.128. The average molecular weight is 272 g/mol. The molecule has 0 radical (unpaired) electrons. The molecule has 104 valence electrons. The summed E-state index contributed by atoms with van der Waals surface area (Å²) in [7, 11) is 0. The predicted octanol–water partition coefficient (Wildman–Crippen LogP) is 1.93. The molecule has 0 aliphatic rings. The van der Waals surface area contributed by atoms with Crippen LogP contribution in [0.1, 0.15) is 28.7 Å². The lowest BCUT2D eigenvalue weighted by atomic mass is 10.1. The van der Waals surface area contributed by atoms with E-state index in [1.165, 1.54) is 0 Å². The molecule has 1 heterocycles. The topological polar surface area (TPSA) is 85.2 Å². The van der Waals surface area contributed by atoms with Crippen molar-refractivity contribution in [3.63, 3.8) is 0 Å². The first-order valence-electron chi connectivity index (χ1n) is 6.34. The van der Waals surface area contributed by atoms with Gasteiger partial charge in [-0.1, -0.05) is 0 Å². The van der Waals surface area contributed by atoms with E-state index in [1.807, 2.05) is 0 Å². The molecule has 0 fully saturated rings. The number of anilines is 1. The van der Waals surface area contributed by atoms with Crippen LogP contribution < -0.4 is 5.73 Å². The highest BCUT2D eigenvalue weighted by Gasteiger charge is 2.12. The van der Waals surface area contributed by atoms with Crippen LogP contribution in [0.15, 0.2) is 36.4 Å². The molecule has 1 aromatic carbocycles. The summed E-state index contributed by atoms with van der Waals surface area (Å²) in [6.45, 7) is 2.10. The van der Waals surface area contributed by atoms with Gasteiger partial charge in [0.2, 0.25) is 5.78 Å². The zero-order valence-electron chi connectivity index (χ0n) is 11.2. The van der Waals surface area contributed by atoms with Crippen molar-refractivity contribution in [2.24, 2.45) is 0 Å². The molecule has 5 nitrogen and oxygen atoms in total. The van der Waals surface area contributed by atoms with Crippen molar-refractivity contribution in [3.8, 4) is 0 Å². The quantitative estimate of drug-likeness (QED) is 0.495. The van der Waals surface area contributed by atoms with Crippen LogP contribution in [0, 0.1) is 0 Å². The molecule has 0 unspecified atom stereocenters. The Bertz CT molecular complexity index is 614. The van der Waals surface area contributed by atoms with E-state index in [0.29, 0.717) is 29.2 Å². The van der Waals surface area contributed by atoms with Gasteiger partial charge in [0, 0.05) is 16.9 Å². The molecule has 20 heavy (non-hydrogen) atoms. The van der Waals surface area contributed by atoms with E-state index in [2.05, 4.69) is 4.98 Å². The second-order valence-corrected chi connectivity index (χ2v) is 4.33. The number of rotatable bonds is 5. The maximum Gasteiger partial charge on any atom is 0.311 e. The third-order valence-corrected chi connectivity index (χ3v) is 2.80. The molecule has 0 saturated carbocycles. The van der Waals surface area contributed by atoms with Gasteiger partial charge in [0.25, 0.3) is 0 Å². The largest absolute Gasteiger partial charge is 0.466 e. The van der Waals surface area contributed by atoms with Gasteiger partial charge in [-0.15, -0.1) is 0 Å². The molecular formula is C15H16N2O3. The number of ketones is 1. The Balaban J connectivity index is 2.10. The van der Waals surface area contributed by atoms with Gasteiger partial charge in [0.1, 0.15) is 0 Å². The second kappa shape index (κ2) is 6.06. The van der Waals surface area contributed by atoms with Crippen LogP contribution in [0.4, 0.5) is 5.69 Å². The van der Waals surface area contributed by atoms with E-state index in [1.54, 1.807) is 43.3 Å². The number of hydrogen-bond donors (Lipinski definition) is 2. The molecule has 2 rings (SSSR count). The zero-order valence-corrected chi connectivity index (χ0v) is 11.2. The summed E-state index contributed by atoms with van der Waals surface area (Å²) in [5.41, 5.74) is 7.83. The van der Waals surface area contributed by atoms with E-state index in [4.69, 9.17) is 10.5 Å². The first-order valence-corrected chi connectivity index (χ1v) is 6.34. The summed E-state index contributed by atoms with van der Waals surface area (Å²) in [4.78, 5) is 26.5. The number of aromatic nitrogens is 1. The Labute approximate surface area is 116 Å². The molecule has 0 aliphatic carbocycles. The fourth-order valence-electron chi connectivity index (χ4n) is 1.83. The minimum Gasteiger partial charge on any atom is -0.466 e. The van der Waals surface area contributed by atoms with Crippen molar-refractivity contribution in [1.82, 2.24) is 4.98 Å². The Morgan fingerprint density at radius 1 is 1.15 bits per heavy atom. The molecule has 2 aromatic rings. The number of nitrogens with two attached hydrogens (primary N) is 1. The molecule has 5 heteroatoms. The summed E-state index contributed by atoms with van der Waals surface area (Å²) in [5, 5.41) is 0. The molecular weight excluding hydrogens is 256 g/mol. The van der Waals surface area contributed by atoms with Gasteiger partial charge in [-0.3, -0.25) is 9.59 Å². The smallest absolute Gasteiger partial charge is 0.311 e. The van der Waals surface area contributed by atoms with Gasteiger partial charge in [0.05, 0.1) is 18.7 Å². The Kier molecular flexibility index (Phi) is 4.20. The monoisotopic (exact) mass is 272 g/mol. The van der Waals surface area contributed by atoms with Crippen LogP contribution in [0.5, 0.6) is 0 Å². The maximum absolute atomic E-state index is 12.2. The highest BCUT2D eigenvalue weighted by Crippen LogP contribution is 2.12.